The molecule has 0 aliphatic rings. The van der Waals surface area contributed by atoms with E-state index in [0.717, 1.165) is 34.1 Å². The standard InChI is InChI=1S/C54H39N2P/c1-7-19-40(20-8-1)42-31-33-53-51(35-42)52-36-43(41-21-9-2-10-22-41)32-34-54(52)57(53)50-38-48(55(44-23-11-3-12-24-44)45-25-13-4-14-26-45)37-49(39-50)56(46-27-15-5-16-28-46)47-29-17-6-18-30-47/h1-39H. The number of rotatable bonds is 9. The Hall–Kier alpha value is -7.12. The number of benzene rings is 9. The summed E-state index contributed by atoms with van der Waals surface area (Å²) in [6.07, 6.45) is 0. The van der Waals surface area contributed by atoms with E-state index in [-0.39, 0.29) is 0 Å². The third-order valence-corrected chi connectivity index (χ3v) is 13.2. The lowest BCUT2D eigenvalue weighted by molar-refractivity contribution is 1.25. The van der Waals surface area contributed by atoms with Gasteiger partial charge in [0.1, 0.15) is 0 Å². The van der Waals surface area contributed by atoms with Gasteiger partial charge in [0.05, 0.1) is 0 Å². The van der Waals surface area contributed by atoms with Gasteiger partial charge in [-0.15, -0.1) is 0 Å². The molecule has 0 fully saturated rings. The van der Waals surface area contributed by atoms with E-state index >= 15 is 0 Å². The van der Waals surface area contributed by atoms with Crippen LogP contribution in [0.25, 0.3) is 48.6 Å². The van der Waals surface area contributed by atoms with Crippen molar-refractivity contribution in [3.8, 4) is 27.6 Å². The van der Waals surface area contributed by atoms with Crippen LogP contribution in [0.15, 0.2) is 237 Å². The minimum Gasteiger partial charge on any atom is -0.310 e. The third kappa shape index (κ3) is 6.67. The molecule has 0 spiro atoms. The predicted molar refractivity (Wildman–Crippen MR) is 246 cm³/mol. The van der Waals surface area contributed by atoms with Crippen molar-refractivity contribution in [1.29, 1.82) is 0 Å². The van der Waals surface area contributed by atoms with E-state index in [2.05, 4.69) is 246 Å². The first-order valence-electron chi connectivity index (χ1n) is 19.4. The Morgan fingerprint density at radius 1 is 0.246 bits per heavy atom. The van der Waals surface area contributed by atoms with Crippen molar-refractivity contribution in [2.24, 2.45) is 0 Å². The largest absolute Gasteiger partial charge is 0.310 e. The molecule has 10 aromatic rings. The number of hydrogen-bond donors (Lipinski definition) is 0. The zero-order chi connectivity index (χ0) is 38.0. The number of para-hydroxylation sites is 4. The maximum absolute atomic E-state index is 2.44. The molecule has 0 bridgehead atoms. The molecule has 0 saturated heterocycles. The van der Waals surface area contributed by atoms with Crippen molar-refractivity contribution >= 4 is 62.7 Å². The number of fused-ring (bicyclic) bond motifs is 3. The predicted octanol–water partition coefficient (Wildman–Crippen LogP) is 16.2. The van der Waals surface area contributed by atoms with E-state index in [0.29, 0.717) is 0 Å². The fraction of sp³-hybridized carbons (Fsp3) is 0. The summed E-state index contributed by atoms with van der Waals surface area (Å²) in [7, 11) is -0.945. The smallest absolute Gasteiger partial charge is 0.0491 e. The van der Waals surface area contributed by atoms with Crippen LogP contribution < -0.4 is 9.80 Å². The summed E-state index contributed by atoms with van der Waals surface area (Å²) in [5.74, 6) is 0. The number of nitrogens with zero attached hydrogens (tertiary/aromatic N) is 2. The molecule has 0 radical (unpaired) electrons. The Kier molecular flexibility index (Phi) is 9.16. The van der Waals surface area contributed by atoms with Crippen LogP contribution in [0.1, 0.15) is 0 Å². The van der Waals surface area contributed by atoms with Crippen molar-refractivity contribution in [2.45, 2.75) is 0 Å². The summed E-state index contributed by atoms with van der Waals surface area (Å²) < 4.78 is 0. The number of anilines is 6. The van der Waals surface area contributed by atoms with Crippen LogP contribution >= 0.6 is 7.53 Å². The topological polar surface area (TPSA) is 6.48 Å². The molecule has 3 heteroatoms. The highest BCUT2D eigenvalue weighted by molar-refractivity contribution is 7.68. The van der Waals surface area contributed by atoms with E-state index < -0.39 is 7.53 Å². The van der Waals surface area contributed by atoms with Gasteiger partial charge in [0.15, 0.2) is 0 Å². The average Bonchev–Trinajstić information content (AvgIpc) is 3.62. The van der Waals surface area contributed by atoms with Crippen LogP contribution in [0.3, 0.4) is 0 Å². The molecule has 270 valence electrons. The second-order valence-electron chi connectivity index (χ2n) is 14.3. The van der Waals surface area contributed by atoms with Crippen LogP contribution in [0, 0.1) is 0 Å². The number of hydrogen-bond acceptors (Lipinski definition) is 2. The molecule has 1 aromatic heterocycles. The van der Waals surface area contributed by atoms with Gasteiger partial charge in [-0.05, 0) is 124 Å². The molecule has 0 N–H and O–H groups in total. The van der Waals surface area contributed by atoms with Crippen LogP contribution in [-0.2, 0) is 0 Å². The van der Waals surface area contributed by atoms with E-state index in [9.17, 15) is 0 Å². The fourth-order valence-electron chi connectivity index (χ4n) is 8.09. The quantitative estimate of drug-likeness (QED) is 0.145. The lowest BCUT2D eigenvalue weighted by Crippen LogP contribution is -2.13. The fourth-order valence-corrected chi connectivity index (χ4v) is 10.7. The van der Waals surface area contributed by atoms with Gasteiger partial charge in [-0.25, -0.2) is 0 Å². The molecule has 10 rings (SSSR count). The second-order valence-corrected chi connectivity index (χ2v) is 16.4. The first-order valence-corrected chi connectivity index (χ1v) is 20.8. The van der Waals surface area contributed by atoms with Gasteiger partial charge in [-0.1, -0.05) is 153 Å². The average molecular weight is 747 g/mol. The van der Waals surface area contributed by atoms with Crippen LogP contribution in [-0.4, -0.2) is 0 Å². The summed E-state index contributed by atoms with van der Waals surface area (Å²) in [5.41, 5.74) is 11.6. The van der Waals surface area contributed by atoms with Crippen molar-refractivity contribution in [3.63, 3.8) is 0 Å². The minimum atomic E-state index is -0.945. The van der Waals surface area contributed by atoms with Gasteiger partial charge < -0.3 is 9.80 Å². The Balaban J connectivity index is 1.28. The summed E-state index contributed by atoms with van der Waals surface area (Å²) >= 11 is 0. The first-order chi connectivity index (χ1) is 28.3. The van der Waals surface area contributed by atoms with E-state index in [4.69, 9.17) is 0 Å². The molecular weight excluding hydrogens is 708 g/mol. The summed E-state index contributed by atoms with van der Waals surface area (Å²) in [6.45, 7) is 0. The van der Waals surface area contributed by atoms with Crippen molar-refractivity contribution < 1.29 is 0 Å². The normalized spacial score (nSPS) is 11.2. The molecule has 0 aliphatic heterocycles. The molecule has 0 atom stereocenters. The Morgan fingerprint density at radius 2 is 0.561 bits per heavy atom. The molecule has 0 amide bonds. The van der Waals surface area contributed by atoms with Gasteiger partial charge in [-0.2, -0.15) is 0 Å². The Bertz CT molecular complexity index is 2650. The Labute approximate surface area is 335 Å². The molecule has 2 nitrogen and oxygen atoms in total. The second kappa shape index (κ2) is 15.2. The zero-order valence-electron chi connectivity index (χ0n) is 31.4. The van der Waals surface area contributed by atoms with E-state index in [1.165, 1.54) is 48.6 Å². The van der Waals surface area contributed by atoms with Gasteiger partial charge in [-0.3, -0.25) is 0 Å². The summed E-state index contributed by atoms with van der Waals surface area (Å²) in [6, 6.07) is 86.0. The zero-order valence-corrected chi connectivity index (χ0v) is 32.3. The highest BCUT2D eigenvalue weighted by atomic mass is 31.1. The van der Waals surface area contributed by atoms with Crippen molar-refractivity contribution in [2.75, 3.05) is 9.80 Å². The first kappa shape index (κ1) is 34.4. The monoisotopic (exact) mass is 746 g/mol. The molecule has 0 unspecified atom stereocenters. The molecule has 9 aromatic carbocycles. The van der Waals surface area contributed by atoms with E-state index in [1.54, 1.807) is 0 Å². The summed E-state index contributed by atoms with van der Waals surface area (Å²) in [5, 5.41) is 6.68. The maximum atomic E-state index is 2.44. The van der Waals surface area contributed by atoms with Gasteiger partial charge >= 0.3 is 0 Å². The SMILES string of the molecule is c1ccc(-c2ccc3c(c2)c2cc(-c4ccccc4)ccc2p3-c2cc(N(c3ccccc3)c3ccccc3)cc(N(c3ccccc3)c3ccccc3)c2)cc1. The van der Waals surface area contributed by atoms with Crippen molar-refractivity contribution in [3.05, 3.63) is 237 Å². The molecule has 57 heavy (non-hydrogen) atoms. The molecule has 1 heterocycles. The van der Waals surface area contributed by atoms with Gasteiger partial charge in [0.25, 0.3) is 0 Å². The van der Waals surface area contributed by atoms with E-state index in [1.807, 2.05) is 0 Å². The molecular formula is C54H39N2P. The van der Waals surface area contributed by atoms with Gasteiger partial charge in [0, 0.05) is 49.7 Å². The molecule has 0 aliphatic carbocycles. The van der Waals surface area contributed by atoms with Crippen molar-refractivity contribution in [1.82, 2.24) is 0 Å². The minimum absolute atomic E-state index is 0.945. The van der Waals surface area contributed by atoms with Crippen LogP contribution in [0.4, 0.5) is 34.1 Å². The lowest BCUT2D eigenvalue weighted by atomic mass is 10.0. The summed E-state index contributed by atoms with van der Waals surface area (Å²) in [4.78, 5) is 4.79. The Morgan fingerprint density at radius 3 is 0.895 bits per heavy atom. The van der Waals surface area contributed by atoms with Gasteiger partial charge in [0.2, 0.25) is 0 Å². The van der Waals surface area contributed by atoms with Crippen LogP contribution in [0.5, 0.6) is 0 Å². The third-order valence-electron chi connectivity index (χ3n) is 10.7. The lowest BCUT2D eigenvalue weighted by Gasteiger charge is -2.30. The highest BCUT2D eigenvalue weighted by Crippen LogP contribution is 2.58. The maximum Gasteiger partial charge on any atom is 0.0491 e. The highest BCUT2D eigenvalue weighted by Gasteiger charge is 2.22. The molecule has 0 saturated carbocycles. The van der Waals surface area contributed by atoms with Crippen LogP contribution in [0.2, 0.25) is 0 Å².